The van der Waals surface area contributed by atoms with Gasteiger partial charge in [0.05, 0.1) is 19.3 Å². The largest absolute Gasteiger partial charge is 0.497 e. The van der Waals surface area contributed by atoms with Crippen molar-refractivity contribution >= 4 is 11.9 Å². The molecule has 6 heteroatoms. The Bertz CT molecular complexity index is 486. The fraction of sp³-hybridized carbons (Fsp3) is 0.429. The Hall–Kier alpha value is -2.24. The van der Waals surface area contributed by atoms with Crippen LogP contribution in [0.1, 0.15) is 30.6 Å². The second-order valence-electron chi connectivity index (χ2n) is 4.24. The molecule has 20 heavy (non-hydrogen) atoms. The van der Waals surface area contributed by atoms with Gasteiger partial charge in [-0.3, -0.25) is 9.59 Å². The van der Waals surface area contributed by atoms with E-state index in [0.29, 0.717) is 18.1 Å². The molecular formula is C14H19NO5. The van der Waals surface area contributed by atoms with Gasteiger partial charge in [-0.2, -0.15) is 0 Å². The van der Waals surface area contributed by atoms with Gasteiger partial charge < -0.3 is 19.9 Å². The maximum Gasteiger partial charge on any atom is 0.325 e. The van der Waals surface area contributed by atoms with Crippen LogP contribution in [0.15, 0.2) is 18.2 Å². The second-order valence-corrected chi connectivity index (χ2v) is 4.24. The molecule has 0 unspecified atom stereocenters. The number of amides is 1. The average molecular weight is 281 g/mol. The van der Waals surface area contributed by atoms with Crippen LogP contribution in [0, 0.1) is 0 Å². The van der Waals surface area contributed by atoms with Crippen LogP contribution in [0.4, 0.5) is 0 Å². The zero-order valence-corrected chi connectivity index (χ0v) is 11.8. The van der Waals surface area contributed by atoms with Gasteiger partial charge in [0, 0.05) is 6.07 Å². The van der Waals surface area contributed by atoms with Gasteiger partial charge in [0.15, 0.2) is 0 Å². The molecule has 2 N–H and O–H groups in total. The Morgan fingerprint density at radius 1 is 1.40 bits per heavy atom. The molecule has 110 valence electrons. The molecule has 0 aromatic heterocycles. The van der Waals surface area contributed by atoms with Crippen LogP contribution in [0.25, 0.3) is 0 Å². The number of carboxylic acids is 1. The van der Waals surface area contributed by atoms with E-state index in [2.05, 4.69) is 5.32 Å². The highest BCUT2D eigenvalue weighted by atomic mass is 16.5. The Morgan fingerprint density at radius 2 is 2.10 bits per heavy atom. The third-order valence-corrected chi connectivity index (χ3v) is 2.61. The Balaban J connectivity index is 2.96. The molecule has 1 rings (SSSR count). The molecule has 6 nitrogen and oxygen atoms in total. The number of carbonyl (C=O) groups excluding carboxylic acids is 1. The highest BCUT2D eigenvalue weighted by Crippen LogP contribution is 2.25. The van der Waals surface area contributed by atoms with Crippen molar-refractivity contribution in [3.63, 3.8) is 0 Å². The number of hydrogen-bond acceptors (Lipinski definition) is 4. The molecule has 0 heterocycles. The van der Waals surface area contributed by atoms with Crippen LogP contribution in [0.2, 0.25) is 0 Å². The molecule has 0 aliphatic rings. The SMILES string of the molecule is CCCOc1cc(OC)ccc1C(=O)N[C@@H](C)C(=O)O. The van der Waals surface area contributed by atoms with E-state index < -0.39 is 17.9 Å². The molecule has 1 aromatic rings. The summed E-state index contributed by atoms with van der Waals surface area (Å²) in [5.41, 5.74) is 0.285. The zero-order chi connectivity index (χ0) is 15.1. The molecule has 0 aliphatic carbocycles. The molecule has 0 saturated carbocycles. The number of benzene rings is 1. The van der Waals surface area contributed by atoms with Crippen molar-refractivity contribution in [3.05, 3.63) is 23.8 Å². The Kier molecular flexibility index (Phi) is 5.83. The van der Waals surface area contributed by atoms with Gasteiger partial charge in [0.2, 0.25) is 0 Å². The van der Waals surface area contributed by atoms with E-state index in [1.165, 1.54) is 14.0 Å². The Labute approximate surface area is 117 Å². The molecule has 0 radical (unpaired) electrons. The number of aliphatic carboxylic acids is 1. The molecule has 0 saturated heterocycles. The number of carbonyl (C=O) groups is 2. The van der Waals surface area contributed by atoms with Crippen LogP contribution < -0.4 is 14.8 Å². The molecule has 0 aliphatic heterocycles. The quantitative estimate of drug-likeness (QED) is 0.794. The summed E-state index contributed by atoms with van der Waals surface area (Å²) in [6, 6.07) is 3.81. The number of ether oxygens (including phenoxy) is 2. The van der Waals surface area contributed by atoms with Gasteiger partial charge in [0.1, 0.15) is 17.5 Å². The molecular weight excluding hydrogens is 262 g/mol. The summed E-state index contributed by atoms with van der Waals surface area (Å²) in [5, 5.41) is 11.2. The van der Waals surface area contributed by atoms with Gasteiger partial charge >= 0.3 is 5.97 Å². The molecule has 1 amide bonds. The molecule has 1 aromatic carbocycles. The number of hydrogen-bond donors (Lipinski definition) is 2. The minimum Gasteiger partial charge on any atom is -0.497 e. The van der Waals surface area contributed by atoms with Crippen molar-refractivity contribution in [1.82, 2.24) is 5.32 Å². The van der Waals surface area contributed by atoms with Crippen molar-refractivity contribution in [1.29, 1.82) is 0 Å². The lowest BCUT2D eigenvalue weighted by atomic mass is 10.1. The third kappa shape index (κ3) is 4.15. The zero-order valence-electron chi connectivity index (χ0n) is 11.8. The smallest absolute Gasteiger partial charge is 0.325 e. The highest BCUT2D eigenvalue weighted by molar-refractivity contribution is 5.99. The lowest BCUT2D eigenvalue weighted by Crippen LogP contribution is -2.38. The number of nitrogens with one attached hydrogen (secondary N) is 1. The summed E-state index contributed by atoms with van der Waals surface area (Å²) in [6.45, 7) is 3.81. The van der Waals surface area contributed by atoms with Gasteiger partial charge in [-0.15, -0.1) is 0 Å². The van der Waals surface area contributed by atoms with Crippen LogP contribution in [-0.4, -0.2) is 36.7 Å². The van der Waals surface area contributed by atoms with E-state index in [1.54, 1.807) is 18.2 Å². The van der Waals surface area contributed by atoms with Gasteiger partial charge in [0.25, 0.3) is 5.91 Å². The highest BCUT2D eigenvalue weighted by Gasteiger charge is 2.19. The fourth-order valence-corrected chi connectivity index (χ4v) is 1.48. The Morgan fingerprint density at radius 3 is 2.65 bits per heavy atom. The minimum atomic E-state index is -1.09. The van der Waals surface area contributed by atoms with E-state index in [4.69, 9.17) is 14.6 Å². The first kappa shape index (κ1) is 15.8. The van der Waals surface area contributed by atoms with E-state index in [0.717, 1.165) is 6.42 Å². The first-order chi connectivity index (χ1) is 9.49. The summed E-state index contributed by atoms with van der Waals surface area (Å²) in [6.07, 6.45) is 0.795. The number of carboxylic acid groups (broad SMARTS) is 1. The van der Waals surface area contributed by atoms with Crippen LogP contribution in [0.3, 0.4) is 0 Å². The van der Waals surface area contributed by atoms with Crippen LogP contribution in [-0.2, 0) is 4.79 Å². The molecule has 0 bridgehead atoms. The van der Waals surface area contributed by atoms with E-state index in [-0.39, 0.29) is 5.56 Å². The predicted molar refractivity (Wildman–Crippen MR) is 73.3 cm³/mol. The number of rotatable bonds is 7. The maximum absolute atomic E-state index is 12.0. The summed E-state index contributed by atoms with van der Waals surface area (Å²) >= 11 is 0. The first-order valence-electron chi connectivity index (χ1n) is 6.34. The summed E-state index contributed by atoms with van der Waals surface area (Å²) in [4.78, 5) is 22.8. The van der Waals surface area contributed by atoms with Crippen molar-refractivity contribution in [2.75, 3.05) is 13.7 Å². The second kappa shape index (κ2) is 7.37. The summed E-state index contributed by atoms with van der Waals surface area (Å²) < 4.78 is 10.6. The third-order valence-electron chi connectivity index (χ3n) is 2.61. The molecule has 0 fully saturated rings. The maximum atomic E-state index is 12.0. The summed E-state index contributed by atoms with van der Waals surface area (Å²) in [7, 11) is 1.52. The van der Waals surface area contributed by atoms with Gasteiger partial charge in [-0.25, -0.2) is 0 Å². The van der Waals surface area contributed by atoms with Gasteiger partial charge in [-0.1, -0.05) is 6.92 Å². The first-order valence-corrected chi connectivity index (χ1v) is 6.34. The van der Waals surface area contributed by atoms with Crippen molar-refractivity contribution in [2.45, 2.75) is 26.3 Å². The topological polar surface area (TPSA) is 84.9 Å². The predicted octanol–water partition coefficient (Wildman–Crippen LogP) is 1.69. The monoisotopic (exact) mass is 281 g/mol. The molecule has 1 atom stereocenters. The minimum absolute atomic E-state index is 0.285. The van der Waals surface area contributed by atoms with Gasteiger partial charge in [-0.05, 0) is 25.5 Å². The van der Waals surface area contributed by atoms with Crippen molar-refractivity contribution in [3.8, 4) is 11.5 Å². The lowest BCUT2D eigenvalue weighted by Gasteiger charge is -2.14. The standard InChI is InChI=1S/C14H19NO5/c1-4-7-20-12-8-10(19-3)5-6-11(12)13(16)15-9(2)14(17)18/h5-6,8-9H,4,7H2,1-3H3,(H,15,16)(H,17,18)/t9-/m0/s1. The average Bonchev–Trinajstić information content (AvgIpc) is 2.44. The van der Waals surface area contributed by atoms with Crippen LogP contribution in [0.5, 0.6) is 11.5 Å². The van der Waals surface area contributed by atoms with E-state index in [9.17, 15) is 9.59 Å². The fourth-order valence-electron chi connectivity index (χ4n) is 1.48. The van der Waals surface area contributed by atoms with E-state index in [1.807, 2.05) is 6.92 Å². The number of methoxy groups -OCH3 is 1. The van der Waals surface area contributed by atoms with Crippen LogP contribution >= 0.6 is 0 Å². The normalized spacial score (nSPS) is 11.6. The van der Waals surface area contributed by atoms with E-state index >= 15 is 0 Å². The summed E-state index contributed by atoms with van der Waals surface area (Å²) in [5.74, 6) is -0.642. The lowest BCUT2D eigenvalue weighted by molar-refractivity contribution is -0.138. The van der Waals surface area contributed by atoms with Crippen molar-refractivity contribution < 1.29 is 24.2 Å². The van der Waals surface area contributed by atoms with Crippen molar-refractivity contribution in [2.24, 2.45) is 0 Å². The molecule has 0 spiro atoms.